The fourth-order valence-corrected chi connectivity index (χ4v) is 2.02. The number of non-ortho nitro benzene ring substituents is 1. The van der Waals surface area contributed by atoms with E-state index in [4.69, 9.17) is 0 Å². The Morgan fingerprint density at radius 3 is 2.39 bits per heavy atom. The van der Waals surface area contributed by atoms with Crippen LogP contribution in [0.2, 0.25) is 0 Å². The highest BCUT2D eigenvalue weighted by molar-refractivity contribution is 5.83. The number of phenolic OH excluding ortho intramolecular Hbond substituents is 1. The quantitative estimate of drug-likeness (QED) is 0.427. The van der Waals surface area contributed by atoms with Crippen LogP contribution in [-0.2, 0) is 0 Å². The molecule has 0 fully saturated rings. The summed E-state index contributed by atoms with van der Waals surface area (Å²) in [6.45, 7) is -0.414. The summed E-state index contributed by atoms with van der Waals surface area (Å²) in [5.74, 6) is 0.0396. The highest BCUT2D eigenvalue weighted by Gasteiger charge is 2.20. The normalized spacial score (nSPS) is 13.8. The van der Waals surface area contributed by atoms with Crippen molar-refractivity contribution in [1.82, 2.24) is 0 Å². The van der Waals surface area contributed by atoms with Crippen LogP contribution in [0.1, 0.15) is 17.2 Å². The summed E-state index contributed by atoms with van der Waals surface area (Å²) < 4.78 is 0. The monoisotopic (exact) mass is 316 g/mol. The number of para-hydroxylation sites is 1. The topological polar surface area (TPSA) is 116 Å². The molecule has 0 heterocycles. The van der Waals surface area contributed by atoms with E-state index < -0.39 is 23.7 Å². The van der Waals surface area contributed by atoms with Gasteiger partial charge >= 0.3 is 0 Å². The van der Waals surface area contributed by atoms with Gasteiger partial charge in [0.05, 0.1) is 11.5 Å². The number of nitrogens with zero attached hydrogens (tertiary/aromatic N) is 2. The fraction of sp³-hybridized carbons (Fsp3) is 0.188. The Bertz CT molecular complexity index is 700. The molecule has 0 saturated carbocycles. The summed E-state index contributed by atoms with van der Waals surface area (Å²) >= 11 is 0. The number of rotatable bonds is 6. The van der Waals surface area contributed by atoms with Gasteiger partial charge in [0, 0.05) is 23.9 Å². The molecule has 2 atom stereocenters. The van der Waals surface area contributed by atoms with Gasteiger partial charge in [-0.15, -0.1) is 0 Å². The van der Waals surface area contributed by atoms with Crippen molar-refractivity contribution >= 4 is 11.9 Å². The van der Waals surface area contributed by atoms with Crippen LogP contribution in [0.15, 0.2) is 53.5 Å². The van der Waals surface area contributed by atoms with Gasteiger partial charge in [0.2, 0.25) is 0 Å². The number of aliphatic imine (C=N–C) groups is 1. The second-order valence-corrected chi connectivity index (χ2v) is 4.88. The smallest absolute Gasteiger partial charge is 0.269 e. The van der Waals surface area contributed by atoms with Crippen LogP contribution in [-0.4, -0.2) is 39.1 Å². The molecule has 0 aromatic heterocycles. The van der Waals surface area contributed by atoms with Crippen LogP contribution in [0.4, 0.5) is 5.69 Å². The van der Waals surface area contributed by atoms with Crippen molar-refractivity contribution in [1.29, 1.82) is 0 Å². The number of nitro benzene ring substituents is 1. The summed E-state index contributed by atoms with van der Waals surface area (Å²) in [6, 6.07) is 11.1. The molecule has 0 bridgehead atoms. The van der Waals surface area contributed by atoms with Crippen LogP contribution in [0.3, 0.4) is 0 Å². The molecule has 0 aliphatic carbocycles. The van der Waals surface area contributed by atoms with Gasteiger partial charge in [0.1, 0.15) is 17.9 Å². The molecule has 0 saturated heterocycles. The molecule has 7 heteroatoms. The second kappa shape index (κ2) is 7.48. The van der Waals surface area contributed by atoms with E-state index in [0.29, 0.717) is 11.1 Å². The van der Waals surface area contributed by atoms with Crippen molar-refractivity contribution in [2.24, 2.45) is 4.99 Å². The zero-order valence-electron chi connectivity index (χ0n) is 12.1. The minimum Gasteiger partial charge on any atom is -0.507 e. The maximum atomic E-state index is 10.6. The number of hydrogen-bond acceptors (Lipinski definition) is 6. The Kier molecular flexibility index (Phi) is 5.40. The predicted octanol–water partition coefficient (Wildman–Crippen LogP) is 1.81. The van der Waals surface area contributed by atoms with E-state index in [9.17, 15) is 25.4 Å². The number of hydrogen-bond donors (Lipinski definition) is 3. The maximum Gasteiger partial charge on any atom is 0.269 e. The summed E-state index contributed by atoms with van der Waals surface area (Å²) in [7, 11) is 0. The molecule has 0 aliphatic rings. The molecular formula is C16H16N2O5. The molecule has 2 aromatic rings. The minimum atomic E-state index is -1.12. The van der Waals surface area contributed by atoms with Crippen LogP contribution in [0.25, 0.3) is 0 Å². The lowest BCUT2D eigenvalue weighted by Gasteiger charge is -2.17. The molecule has 0 spiro atoms. The van der Waals surface area contributed by atoms with Gasteiger partial charge in [-0.2, -0.15) is 0 Å². The third-order valence-corrected chi connectivity index (χ3v) is 3.34. The van der Waals surface area contributed by atoms with E-state index in [-0.39, 0.29) is 11.4 Å². The SMILES string of the molecule is O=[N+]([O-])c1ccc([C@@H](O)[C@H](CO)N=Cc2ccccc2O)cc1. The van der Waals surface area contributed by atoms with Crippen molar-refractivity contribution < 1.29 is 20.2 Å². The van der Waals surface area contributed by atoms with Gasteiger partial charge < -0.3 is 15.3 Å². The number of nitro groups is 1. The van der Waals surface area contributed by atoms with E-state index in [2.05, 4.69) is 4.99 Å². The average molecular weight is 316 g/mol. The number of aliphatic hydroxyl groups excluding tert-OH is 2. The van der Waals surface area contributed by atoms with Gasteiger partial charge in [-0.05, 0) is 29.8 Å². The van der Waals surface area contributed by atoms with Crippen LogP contribution >= 0.6 is 0 Å². The highest BCUT2D eigenvalue weighted by atomic mass is 16.6. The zero-order chi connectivity index (χ0) is 16.8. The van der Waals surface area contributed by atoms with Crippen LogP contribution < -0.4 is 0 Å². The van der Waals surface area contributed by atoms with E-state index in [0.717, 1.165) is 0 Å². The number of aliphatic hydroxyl groups is 2. The van der Waals surface area contributed by atoms with E-state index in [1.165, 1.54) is 36.5 Å². The molecule has 2 rings (SSSR count). The maximum absolute atomic E-state index is 10.6. The lowest BCUT2D eigenvalue weighted by atomic mass is 10.0. The van der Waals surface area contributed by atoms with Gasteiger partial charge in [0.25, 0.3) is 5.69 Å². The first-order chi connectivity index (χ1) is 11.0. The number of aromatic hydroxyl groups is 1. The van der Waals surface area contributed by atoms with E-state index in [1.807, 2.05) is 0 Å². The molecule has 3 N–H and O–H groups in total. The second-order valence-electron chi connectivity index (χ2n) is 4.88. The Morgan fingerprint density at radius 2 is 1.83 bits per heavy atom. The van der Waals surface area contributed by atoms with Gasteiger partial charge in [0.15, 0.2) is 0 Å². The Hall–Kier alpha value is -2.77. The third-order valence-electron chi connectivity index (χ3n) is 3.34. The Morgan fingerprint density at radius 1 is 1.17 bits per heavy atom. The first kappa shape index (κ1) is 16.6. The highest BCUT2D eigenvalue weighted by Crippen LogP contribution is 2.22. The first-order valence-corrected chi connectivity index (χ1v) is 6.87. The number of benzene rings is 2. The lowest BCUT2D eigenvalue weighted by Crippen LogP contribution is -2.21. The van der Waals surface area contributed by atoms with Gasteiger partial charge in [-0.3, -0.25) is 15.1 Å². The predicted molar refractivity (Wildman–Crippen MR) is 84.6 cm³/mol. The molecule has 0 radical (unpaired) electrons. The fourth-order valence-electron chi connectivity index (χ4n) is 2.02. The molecule has 120 valence electrons. The van der Waals surface area contributed by atoms with Crippen molar-refractivity contribution in [2.75, 3.05) is 6.61 Å². The molecule has 0 amide bonds. The van der Waals surface area contributed by atoms with Crippen molar-refractivity contribution in [3.63, 3.8) is 0 Å². The molecular weight excluding hydrogens is 300 g/mol. The molecule has 2 aromatic carbocycles. The van der Waals surface area contributed by atoms with Crippen LogP contribution in [0, 0.1) is 10.1 Å². The summed E-state index contributed by atoms with van der Waals surface area (Å²) in [6.07, 6.45) is 0.244. The first-order valence-electron chi connectivity index (χ1n) is 6.87. The van der Waals surface area contributed by atoms with Crippen molar-refractivity contribution in [3.8, 4) is 5.75 Å². The molecule has 23 heavy (non-hydrogen) atoms. The Labute approximate surface area is 132 Å². The van der Waals surface area contributed by atoms with Crippen molar-refractivity contribution in [2.45, 2.75) is 12.1 Å². The largest absolute Gasteiger partial charge is 0.507 e. The van der Waals surface area contributed by atoms with Gasteiger partial charge in [-0.1, -0.05) is 12.1 Å². The number of phenols is 1. The molecule has 7 nitrogen and oxygen atoms in total. The van der Waals surface area contributed by atoms with E-state index >= 15 is 0 Å². The summed E-state index contributed by atoms with van der Waals surface area (Å²) in [4.78, 5) is 14.2. The summed E-state index contributed by atoms with van der Waals surface area (Å²) in [5.41, 5.74) is 0.783. The molecule has 0 unspecified atom stereocenters. The van der Waals surface area contributed by atoms with Crippen LogP contribution in [0.5, 0.6) is 5.75 Å². The Balaban J connectivity index is 2.16. The standard InChI is InChI=1S/C16H16N2O5/c19-10-14(17-9-12-3-1-2-4-15(12)20)16(21)11-5-7-13(8-6-11)18(22)23/h1-9,14,16,19-21H,10H2/t14-,16+/m0/s1. The van der Waals surface area contributed by atoms with Gasteiger partial charge in [-0.25, -0.2) is 0 Å². The lowest BCUT2D eigenvalue weighted by molar-refractivity contribution is -0.384. The zero-order valence-corrected chi connectivity index (χ0v) is 12.1. The minimum absolute atomic E-state index is 0.0396. The van der Waals surface area contributed by atoms with E-state index in [1.54, 1.807) is 18.2 Å². The van der Waals surface area contributed by atoms with Crippen molar-refractivity contribution in [3.05, 3.63) is 69.8 Å². The average Bonchev–Trinajstić information content (AvgIpc) is 2.56. The third kappa shape index (κ3) is 4.12. The summed E-state index contributed by atoms with van der Waals surface area (Å²) in [5, 5.41) is 39.9. The molecule has 0 aliphatic heterocycles.